The van der Waals surface area contributed by atoms with Crippen LogP contribution in [0.4, 0.5) is 0 Å². The van der Waals surface area contributed by atoms with E-state index in [9.17, 15) is 0 Å². The highest BCUT2D eigenvalue weighted by Crippen LogP contribution is 2.33. The Hall–Kier alpha value is -1.11. The van der Waals surface area contributed by atoms with E-state index < -0.39 is 0 Å². The van der Waals surface area contributed by atoms with E-state index in [0.717, 1.165) is 30.0 Å². The molecule has 6 heteroatoms. The van der Waals surface area contributed by atoms with Gasteiger partial charge in [0.2, 0.25) is 0 Å². The van der Waals surface area contributed by atoms with E-state index in [0.29, 0.717) is 6.04 Å². The van der Waals surface area contributed by atoms with Crippen LogP contribution in [0, 0.1) is 5.92 Å². The van der Waals surface area contributed by atoms with Crippen LogP contribution in [0.15, 0.2) is 33.8 Å². The maximum atomic E-state index is 4.55. The van der Waals surface area contributed by atoms with Gasteiger partial charge in [0.05, 0.1) is 12.6 Å². The number of hydrogen-bond donors (Lipinski definition) is 2. The predicted molar refractivity (Wildman–Crippen MR) is 95.3 cm³/mol. The summed E-state index contributed by atoms with van der Waals surface area (Å²) in [4.78, 5) is 2.63. The average Bonchev–Trinajstić information content (AvgIpc) is 3.04. The highest BCUT2D eigenvalue weighted by molar-refractivity contribution is 9.10. The maximum absolute atomic E-state index is 4.55. The van der Waals surface area contributed by atoms with Crippen LogP contribution in [0.2, 0.25) is 0 Å². The van der Waals surface area contributed by atoms with Crippen molar-refractivity contribution in [3.63, 3.8) is 0 Å². The number of benzene rings is 1. The number of halogens is 1. The van der Waals surface area contributed by atoms with Gasteiger partial charge in [0.15, 0.2) is 5.84 Å². The summed E-state index contributed by atoms with van der Waals surface area (Å²) in [6, 6.07) is 9.10. The lowest BCUT2D eigenvalue weighted by Gasteiger charge is -2.44. The molecule has 0 amide bonds. The van der Waals surface area contributed by atoms with Gasteiger partial charge in [0, 0.05) is 17.6 Å². The summed E-state index contributed by atoms with van der Waals surface area (Å²) < 4.78 is 1.16. The molecule has 2 N–H and O–H groups in total. The molecular formula is C17H24BrN5. The van der Waals surface area contributed by atoms with Gasteiger partial charge in [-0.2, -0.15) is 0 Å². The van der Waals surface area contributed by atoms with Crippen molar-refractivity contribution in [2.45, 2.75) is 44.7 Å². The topological polar surface area (TPSA) is 42.9 Å². The Morgan fingerprint density at radius 1 is 1.17 bits per heavy atom. The van der Waals surface area contributed by atoms with Crippen LogP contribution in [-0.4, -0.2) is 34.9 Å². The molecule has 23 heavy (non-hydrogen) atoms. The Bertz CT molecular complexity index is 584. The summed E-state index contributed by atoms with van der Waals surface area (Å²) in [6.07, 6.45) is 6.76. The quantitative estimate of drug-likeness (QED) is 0.849. The molecule has 1 saturated carbocycles. The van der Waals surface area contributed by atoms with Crippen molar-refractivity contribution in [2.75, 3.05) is 13.1 Å². The van der Waals surface area contributed by atoms with E-state index in [-0.39, 0.29) is 0 Å². The summed E-state index contributed by atoms with van der Waals surface area (Å²) in [5, 5.41) is 6.75. The molecule has 5 nitrogen and oxygen atoms in total. The van der Waals surface area contributed by atoms with Gasteiger partial charge >= 0.3 is 0 Å². The average molecular weight is 378 g/mol. The van der Waals surface area contributed by atoms with Gasteiger partial charge in [0.25, 0.3) is 0 Å². The fraction of sp³-hybridized carbons (Fsp3) is 0.588. The molecule has 124 valence electrons. The second-order valence-corrected chi connectivity index (χ2v) is 7.70. The van der Waals surface area contributed by atoms with E-state index in [4.69, 9.17) is 0 Å². The zero-order valence-electron chi connectivity index (χ0n) is 13.3. The Morgan fingerprint density at radius 3 is 2.87 bits per heavy atom. The summed E-state index contributed by atoms with van der Waals surface area (Å²) in [6.45, 7) is 3.04. The number of hydrogen-bond acceptors (Lipinski definition) is 5. The number of amidine groups is 1. The van der Waals surface area contributed by atoms with E-state index in [1.54, 1.807) is 0 Å². The first kappa shape index (κ1) is 15.4. The SMILES string of the molecule is Brc1cccc(CN2CCN3NNN=C3C2C2CCCCC2)c1. The van der Waals surface area contributed by atoms with Gasteiger partial charge in [0.1, 0.15) is 0 Å². The van der Waals surface area contributed by atoms with Crippen LogP contribution >= 0.6 is 15.9 Å². The van der Waals surface area contributed by atoms with Crippen molar-refractivity contribution in [2.24, 2.45) is 11.0 Å². The van der Waals surface area contributed by atoms with Gasteiger partial charge in [-0.1, -0.05) is 47.3 Å². The number of hydrazone groups is 1. The maximum Gasteiger partial charge on any atom is 0.159 e. The molecule has 4 rings (SSSR count). The highest BCUT2D eigenvalue weighted by atomic mass is 79.9. The number of piperazine rings is 1. The number of rotatable bonds is 3. The molecule has 0 spiro atoms. The first-order valence-corrected chi connectivity index (χ1v) is 9.45. The Morgan fingerprint density at radius 2 is 2.04 bits per heavy atom. The zero-order valence-corrected chi connectivity index (χ0v) is 14.9. The third-order valence-corrected chi connectivity index (χ3v) is 5.77. The van der Waals surface area contributed by atoms with Crippen molar-refractivity contribution in [1.29, 1.82) is 0 Å². The molecule has 1 atom stereocenters. The first-order valence-electron chi connectivity index (χ1n) is 8.65. The van der Waals surface area contributed by atoms with Crippen molar-refractivity contribution in [3.8, 4) is 0 Å². The van der Waals surface area contributed by atoms with E-state index in [1.807, 2.05) is 0 Å². The van der Waals surface area contributed by atoms with E-state index in [2.05, 4.69) is 66.3 Å². The molecule has 3 aliphatic rings. The normalized spacial score (nSPS) is 25.9. The van der Waals surface area contributed by atoms with Crippen molar-refractivity contribution < 1.29 is 0 Å². The van der Waals surface area contributed by atoms with Crippen molar-refractivity contribution in [3.05, 3.63) is 34.3 Å². The summed E-state index contributed by atoms with van der Waals surface area (Å²) in [7, 11) is 0. The molecule has 1 unspecified atom stereocenters. The lowest BCUT2D eigenvalue weighted by atomic mass is 9.81. The molecule has 0 aromatic heterocycles. The first-order chi connectivity index (χ1) is 11.3. The fourth-order valence-electron chi connectivity index (χ4n) is 4.19. The Balaban J connectivity index is 1.58. The molecule has 2 fully saturated rings. The number of nitrogens with zero attached hydrogens (tertiary/aromatic N) is 3. The van der Waals surface area contributed by atoms with Gasteiger partial charge in [-0.25, -0.2) is 5.53 Å². The van der Waals surface area contributed by atoms with Crippen LogP contribution < -0.4 is 11.1 Å². The molecule has 0 radical (unpaired) electrons. The second-order valence-electron chi connectivity index (χ2n) is 6.79. The molecule has 1 aromatic rings. The molecule has 1 aromatic carbocycles. The third-order valence-electron chi connectivity index (χ3n) is 5.27. The van der Waals surface area contributed by atoms with Crippen LogP contribution in [0.25, 0.3) is 0 Å². The lowest BCUT2D eigenvalue weighted by Crippen LogP contribution is -2.60. The fourth-order valence-corrected chi connectivity index (χ4v) is 4.64. The Labute approximate surface area is 146 Å². The minimum atomic E-state index is 0.422. The van der Waals surface area contributed by atoms with Gasteiger partial charge in [-0.05, 0) is 36.5 Å². The molecular weight excluding hydrogens is 354 g/mol. The number of nitrogens with one attached hydrogen (secondary N) is 2. The van der Waals surface area contributed by atoms with Gasteiger partial charge < -0.3 is 0 Å². The lowest BCUT2D eigenvalue weighted by molar-refractivity contribution is 0.0985. The van der Waals surface area contributed by atoms with Crippen molar-refractivity contribution in [1.82, 2.24) is 21.0 Å². The molecule has 0 bridgehead atoms. The molecule has 1 aliphatic carbocycles. The third kappa shape index (κ3) is 3.25. The largest absolute Gasteiger partial charge is 0.287 e. The van der Waals surface area contributed by atoms with Gasteiger partial charge in [-0.15, -0.1) is 10.6 Å². The van der Waals surface area contributed by atoms with E-state index >= 15 is 0 Å². The van der Waals surface area contributed by atoms with Crippen molar-refractivity contribution >= 4 is 21.8 Å². The van der Waals surface area contributed by atoms with E-state index in [1.165, 1.54) is 43.5 Å². The number of hydrazine groups is 2. The van der Waals surface area contributed by atoms with Crippen LogP contribution in [0.3, 0.4) is 0 Å². The summed E-state index contributed by atoms with van der Waals surface area (Å²) in [5.74, 6) is 1.90. The number of fused-ring (bicyclic) bond motifs is 1. The molecule has 2 heterocycles. The van der Waals surface area contributed by atoms with Gasteiger partial charge in [-0.3, -0.25) is 9.91 Å². The summed E-state index contributed by atoms with van der Waals surface area (Å²) >= 11 is 3.59. The van der Waals surface area contributed by atoms with Crippen LogP contribution in [-0.2, 0) is 6.54 Å². The summed E-state index contributed by atoms with van der Waals surface area (Å²) in [5.41, 5.74) is 7.49. The minimum absolute atomic E-state index is 0.422. The Kier molecular flexibility index (Phi) is 4.55. The van der Waals surface area contributed by atoms with Crippen LogP contribution in [0.1, 0.15) is 37.7 Å². The minimum Gasteiger partial charge on any atom is -0.287 e. The smallest absolute Gasteiger partial charge is 0.159 e. The molecule has 2 aliphatic heterocycles. The standard InChI is InChI=1S/C17H24BrN5/c18-15-8-4-5-13(11-15)12-22-9-10-23-17(19-20-21-23)16(22)14-6-2-1-3-7-14/h4-5,8,11,14,16,20-21H,1-3,6-7,9-10,12H2. The zero-order chi connectivity index (χ0) is 15.6. The predicted octanol–water partition coefficient (Wildman–Crippen LogP) is 2.85. The highest BCUT2D eigenvalue weighted by Gasteiger charge is 2.40. The van der Waals surface area contributed by atoms with Crippen LogP contribution in [0.5, 0.6) is 0 Å². The second kappa shape index (κ2) is 6.79. The monoisotopic (exact) mass is 377 g/mol. The molecule has 1 saturated heterocycles.